The fourth-order valence-corrected chi connectivity index (χ4v) is 2.50. The van der Waals surface area contributed by atoms with E-state index in [1.807, 2.05) is 30.0 Å². The molecule has 0 unspecified atom stereocenters. The predicted molar refractivity (Wildman–Crippen MR) is 70.7 cm³/mol. The summed E-state index contributed by atoms with van der Waals surface area (Å²) in [4.78, 5) is 1.15. The summed E-state index contributed by atoms with van der Waals surface area (Å²) >= 11 is 7.65. The molecule has 1 rings (SSSR count). The molecule has 1 aromatic carbocycles. The Morgan fingerprint density at radius 2 is 2.07 bits per heavy atom. The smallest absolute Gasteiger partial charge is 0.0467 e. The summed E-state index contributed by atoms with van der Waals surface area (Å²) in [5.41, 5.74) is 6.65. The summed E-state index contributed by atoms with van der Waals surface area (Å²) in [6, 6.07) is 5.71. The molecule has 0 fully saturated rings. The molecule has 3 heteroatoms. The first-order chi connectivity index (χ1) is 7.24. The first kappa shape index (κ1) is 12.7. The van der Waals surface area contributed by atoms with Crippen molar-refractivity contribution in [3.63, 3.8) is 0 Å². The number of rotatable bonds is 6. The molecule has 0 heterocycles. The van der Waals surface area contributed by atoms with E-state index < -0.39 is 0 Å². The van der Waals surface area contributed by atoms with Crippen molar-refractivity contribution in [3.8, 4) is 0 Å². The SMILES string of the molecule is CCCCCCSc1ccc(Cl)cc1N. The topological polar surface area (TPSA) is 26.0 Å². The summed E-state index contributed by atoms with van der Waals surface area (Å²) < 4.78 is 0. The van der Waals surface area contributed by atoms with E-state index in [4.69, 9.17) is 17.3 Å². The van der Waals surface area contributed by atoms with Crippen molar-refractivity contribution < 1.29 is 0 Å². The molecule has 1 aromatic rings. The molecule has 0 aromatic heterocycles. The average molecular weight is 244 g/mol. The average Bonchev–Trinajstić information content (AvgIpc) is 2.20. The number of thioether (sulfide) groups is 1. The van der Waals surface area contributed by atoms with Crippen LogP contribution in [0, 0.1) is 0 Å². The van der Waals surface area contributed by atoms with Gasteiger partial charge in [-0.25, -0.2) is 0 Å². The van der Waals surface area contributed by atoms with E-state index in [2.05, 4.69) is 6.92 Å². The second-order valence-corrected chi connectivity index (χ2v) is 5.16. The van der Waals surface area contributed by atoms with Gasteiger partial charge in [0.15, 0.2) is 0 Å². The zero-order valence-corrected chi connectivity index (χ0v) is 10.7. The lowest BCUT2D eigenvalue weighted by Crippen LogP contribution is -1.89. The lowest BCUT2D eigenvalue weighted by atomic mass is 10.2. The van der Waals surface area contributed by atoms with Crippen LogP contribution in [0.3, 0.4) is 0 Å². The fraction of sp³-hybridized carbons (Fsp3) is 0.500. The molecule has 84 valence electrons. The van der Waals surface area contributed by atoms with Crippen LogP contribution >= 0.6 is 23.4 Å². The highest BCUT2D eigenvalue weighted by atomic mass is 35.5. The number of halogens is 1. The van der Waals surface area contributed by atoms with Gasteiger partial charge in [-0.3, -0.25) is 0 Å². The number of nitrogen functional groups attached to an aromatic ring is 1. The van der Waals surface area contributed by atoms with Gasteiger partial charge in [-0.05, 0) is 30.4 Å². The maximum Gasteiger partial charge on any atom is 0.0467 e. The van der Waals surface area contributed by atoms with Crippen molar-refractivity contribution in [3.05, 3.63) is 23.2 Å². The van der Waals surface area contributed by atoms with Crippen molar-refractivity contribution in [1.29, 1.82) is 0 Å². The molecule has 0 saturated heterocycles. The number of hydrogen-bond acceptors (Lipinski definition) is 2. The second kappa shape index (κ2) is 7.02. The summed E-state index contributed by atoms with van der Waals surface area (Å²) in [6.07, 6.45) is 5.20. The van der Waals surface area contributed by atoms with Gasteiger partial charge in [0.2, 0.25) is 0 Å². The van der Waals surface area contributed by atoms with Crippen LogP contribution in [0.25, 0.3) is 0 Å². The highest BCUT2D eigenvalue weighted by molar-refractivity contribution is 7.99. The Morgan fingerprint density at radius 1 is 1.27 bits per heavy atom. The van der Waals surface area contributed by atoms with Crippen LogP contribution < -0.4 is 5.73 Å². The van der Waals surface area contributed by atoms with Crippen LogP contribution in [0.5, 0.6) is 0 Å². The minimum absolute atomic E-state index is 0.711. The van der Waals surface area contributed by atoms with Gasteiger partial charge in [-0.1, -0.05) is 37.8 Å². The number of unbranched alkanes of at least 4 members (excludes halogenated alkanes) is 3. The van der Waals surface area contributed by atoms with Gasteiger partial charge in [-0.2, -0.15) is 0 Å². The molecule has 0 atom stereocenters. The number of anilines is 1. The van der Waals surface area contributed by atoms with Gasteiger partial charge >= 0.3 is 0 Å². The summed E-state index contributed by atoms with van der Waals surface area (Å²) in [6.45, 7) is 2.23. The molecular formula is C12H18ClNS. The molecule has 0 spiro atoms. The van der Waals surface area contributed by atoms with E-state index in [9.17, 15) is 0 Å². The molecule has 0 aliphatic rings. The molecule has 0 aliphatic heterocycles. The lowest BCUT2D eigenvalue weighted by molar-refractivity contribution is 0.706. The highest BCUT2D eigenvalue weighted by Crippen LogP contribution is 2.28. The Bertz CT molecular complexity index is 302. The standard InChI is InChI=1S/C12H18ClNS/c1-2-3-4-5-8-15-12-7-6-10(13)9-11(12)14/h6-7,9H,2-5,8,14H2,1H3. The van der Waals surface area contributed by atoms with E-state index in [1.54, 1.807) is 0 Å². The molecule has 0 saturated carbocycles. The van der Waals surface area contributed by atoms with Crippen molar-refractivity contribution >= 4 is 29.1 Å². The fourth-order valence-electron chi connectivity index (χ4n) is 1.36. The third kappa shape index (κ3) is 4.80. The Balaban J connectivity index is 2.31. The van der Waals surface area contributed by atoms with Gasteiger partial charge in [0.25, 0.3) is 0 Å². The monoisotopic (exact) mass is 243 g/mol. The van der Waals surface area contributed by atoms with Gasteiger partial charge in [0, 0.05) is 15.6 Å². The highest BCUT2D eigenvalue weighted by Gasteiger charge is 2.00. The van der Waals surface area contributed by atoms with Crippen LogP contribution in [0.4, 0.5) is 5.69 Å². The quantitative estimate of drug-likeness (QED) is 0.449. The third-order valence-corrected chi connectivity index (χ3v) is 3.64. The zero-order chi connectivity index (χ0) is 11.1. The summed E-state index contributed by atoms with van der Waals surface area (Å²) in [5.74, 6) is 1.14. The first-order valence-corrected chi connectivity index (χ1v) is 6.78. The maximum atomic E-state index is 5.86. The van der Waals surface area contributed by atoms with Crippen LogP contribution in [0.1, 0.15) is 32.6 Å². The number of nitrogens with two attached hydrogens (primary N) is 1. The van der Waals surface area contributed by atoms with Gasteiger partial charge in [0.1, 0.15) is 0 Å². The molecule has 15 heavy (non-hydrogen) atoms. The van der Waals surface area contributed by atoms with E-state index in [-0.39, 0.29) is 0 Å². The van der Waals surface area contributed by atoms with Gasteiger partial charge in [-0.15, -0.1) is 11.8 Å². The van der Waals surface area contributed by atoms with Crippen molar-refractivity contribution in [2.24, 2.45) is 0 Å². The lowest BCUT2D eigenvalue weighted by Gasteiger charge is -2.05. The number of benzene rings is 1. The normalized spacial score (nSPS) is 10.5. The van der Waals surface area contributed by atoms with Crippen molar-refractivity contribution in [2.45, 2.75) is 37.5 Å². The Hall–Kier alpha value is -0.340. The van der Waals surface area contributed by atoms with Crippen LogP contribution in [-0.4, -0.2) is 5.75 Å². The minimum Gasteiger partial charge on any atom is -0.398 e. The Kier molecular flexibility index (Phi) is 5.96. The van der Waals surface area contributed by atoms with E-state index in [1.165, 1.54) is 25.7 Å². The Morgan fingerprint density at radius 3 is 2.73 bits per heavy atom. The zero-order valence-electron chi connectivity index (χ0n) is 9.13. The predicted octanol–water partition coefficient (Wildman–Crippen LogP) is 4.59. The van der Waals surface area contributed by atoms with E-state index in [0.29, 0.717) is 5.02 Å². The number of hydrogen-bond donors (Lipinski definition) is 1. The third-order valence-electron chi connectivity index (χ3n) is 2.23. The van der Waals surface area contributed by atoms with Crippen LogP contribution in [-0.2, 0) is 0 Å². The van der Waals surface area contributed by atoms with Gasteiger partial charge < -0.3 is 5.73 Å². The first-order valence-electron chi connectivity index (χ1n) is 5.42. The van der Waals surface area contributed by atoms with E-state index >= 15 is 0 Å². The van der Waals surface area contributed by atoms with Crippen LogP contribution in [0.2, 0.25) is 5.02 Å². The molecular weight excluding hydrogens is 226 g/mol. The Labute approximate surface area is 101 Å². The van der Waals surface area contributed by atoms with Gasteiger partial charge in [0.05, 0.1) is 0 Å². The molecule has 1 nitrogen and oxygen atoms in total. The van der Waals surface area contributed by atoms with Crippen molar-refractivity contribution in [1.82, 2.24) is 0 Å². The second-order valence-electron chi connectivity index (χ2n) is 3.59. The molecule has 0 bridgehead atoms. The molecule has 0 radical (unpaired) electrons. The molecule has 0 aliphatic carbocycles. The maximum absolute atomic E-state index is 5.86. The largest absolute Gasteiger partial charge is 0.398 e. The molecule has 2 N–H and O–H groups in total. The van der Waals surface area contributed by atoms with E-state index in [0.717, 1.165) is 16.3 Å². The van der Waals surface area contributed by atoms with Crippen LogP contribution in [0.15, 0.2) is 23.1 Å². The summed E-state index contributed by atoms with van der Waals surface area (Å²) in [5, 5.41) is 0.711. The van der Waals surface area contributed by atoms with Crippen molar-refractivity contribution in [2.75, 3.05) is 11.5 Å². The summed E-state index contributed by atoms with van der Waals surface area (Å²) in [7, 11) is 0. The molecule has 0 amide bonds. The minimum atomic E-state index is 0.711.